The molecule has 21 heavy (non-hydrogen) atoms. The molecule has 2 rings (SSSR count). The molecule has 0 unspecified atom stereocenters. The number of carbonyl (C=O) groups excluding carboxylic acids is 1. The summed E-state index contributed by atoms with van der Waals surface area (Å²) in [6.45, 7) is 3.03. The van der Waals surface area contributed by atoms with Gasteiger partial charge in [0, 0.05) is 33.0 Å². The molecule has 0 aliphatic heterocycles. The van der Waals surface area contributed by atoms with Gasteiger partial charge in [-0.3, -0.25) is 9.78 Å². The topological polar surface area (TPSA) is 75.4 Å². The van der Waals surface area contributed by atoms with E-state index in [9.17, 15) is 4.79 Å². The van der Waals surface area contributed by atoms with Crippen molar-refractivity contribution < 1.29 is 4.79 Å². The van der Waals surface area contributed by atoms with Gasteiger partial charge in [0.2, 0.25) is 5.91 Å². The SMILES string of the molecule is CCN(CC(=O)N(C)C)c1snc(N)c1-c1ccncc1. The number of pyridine rings is 1. The number of nitrogens with zero attached hydrogens (tertiary/aromatic N) is 4. The molecule has 1 amide bonds. The van der Waals surface area contributed by atoms with E-state index in [1.54, 1.807) is 31.4 Å². The van der Waals surface area contributed by atoms with E-state index in [-0.39, 0.29) is 5.91 Å². The van der Waals surface area contributed by atoms with Crippen LogP contribution in [0.25, 0.3) is 11.1 Å². The number of hydrogen-bond donors (Lipinski definition) is 1. The number of amides is 1. The van der Waals surface area contributed by atoms with E-state index >= 15 is 0 Å². The van der Waals surface area contributed by atoms with Crippen LogP contribution in [0.5, 0.6) is 0 Å². The minimum absolute atomic E-state index is 0.0458. The Labute approximate surface area is 128 Å². The van der Waals surface area contributed by atoms with Crippen LogP contribution in [0.4, 0.5) is 10.8 Å². The third kappa shape index (κ3) is 3.30. The highest BCUT2D eigenvalue weighted by molar-refractivity contribution is 7.11. The summed E-state index contributed by atoms with van der Waals surface area (Å²) >= 11 is 1.32. The molecule has 0 radical (unpaired) electrons. The fourth-order valence-corrected chi connectivity index (χ4v) is 2.83. The number of anilines is 2. The standard InChI is InChI=1S/C14H19N5OS/c1-4-19(9-11(20)18(2)3)14-12(13(15)17-21-14)10-5-7-16-8-6-10/h5-8H,4,9H2,1-3H3,(H2,15,17). The Bertz CT molecular complexity index is 611. The lowest BCUT2D eigenvalue weighted by Crippen LogP contribution is -2.36. The second-order valence-corrected chi connectivity index (χ2v) is 5.54. The molecule has 0 aliphatic carbocycles. The molecule has 112 valence electrons. The predicted octanol–water partition coefficient (Wildman–Crippen LogP) is 1.70. The number of rotatable bonds is 5. The Hall–Kier alpha value is -2.15. The third-order valence-corrected chi connectivity index (χ3v) is 4.09. The monoisotopic (exact) mass is 305 g/mol. The quantitative estimate of drug-likeness (QED) is 0.910. The first-order valence-electron chi connectivity index (χ1n) is 6.65. The Morgan fingerprint density at radius 1 is 1.33 bits per heavy atom. The Morgan fingerprint density at radius 2 is 2.00 bits per heavy atom. The highest BCUT2D eigenvalue weighted by Crippen LogP contribution is 2.38. The molecular formula is C14H19N5OS. The summed E-state index contributed by atoms with van der Waals surface area (Å²) in [5.41, 5.74) is 7.84. The summed E-state index contributed by atoms with van der Waals surface area (Å²) < 4.78 is 4.25. The van der Waals surface area contributed by atoms with E-state index in [0.717, 1.165) is 16.1 Å². The van der Waals surface area contributed by atoms with Gasteiger partial charge in [-0.25, -0.2) is 0 Å². The lowest BCUT2D eigenvalue weighted by atomic mass is 10.1. The van der Waals surface area contributed by atoms with Crippen molar-refractivity contribution in [2.45, 2.75) is 6.92 Å². The van der Waals surface area contributed by atoms with Crippen molar-refractivity contribution in [2.24, 2.45) is 0 Å². The van der Waals surface area contributed by atoms with Crippen molar-refractivity contribution in [2.75, 3.05) is 37.8 Å². The average Bonchev–Trinajstić information content (AvgIpc) is 2.86. The molecule has 0 bridgehead atoms. The molecule has 2 aromatic heterocycles. The number of aromatic nitrogens is 2. The first kappa shape index (κ1) is 15.2. The number of likely N-dealkylation sites (N-methyl/N-ethyl adjacent to an activating group) is 2. The molecule has 0 saturated heterocycles. The van der Waals surface area contributed by atoms with Crippen LogP contribution >= 0.6 is 11.5 Å². The van der Waals surface area contributed by atoms with E-state index < -0.39 is 0 Å². The minimum Gasteiger partial charge on any atom is -0.382 e. The van der Waals surface area contributed by atoms with Crippen molar-refractivity contribution in [1.29, 1.82) is 0 Å². The van der Waals surface area contributed by atoms with Gasteiger partial charge < -0.3 is 15.5 Å². The molecule has 2 heterocycles. The molecule has 0 aromatic carbocycles. The van der Waals surface area contributed by atoms with Gasteiger partial charge in [0.15, 0.2) is 0 Å². The Morgan fingerprint density at radius 3 is 2.57 bits per heavy atom. The zero-order chi connectivity index (χ0) is 15.4. The molecular weight excluding hydrogens is 286 g/mol. The van der Waals surface area contributed by atoms with Crippen LogP contribution in [0.3, 0.4) is 0 Å². The van der Waals surface area contributed by atoms with Crippen LogP contribution in [0, 0.1) is 0 Å². The number of hydrogen-bond acceptors (Lipinski definition) is 6. The van der Waals surface area contributed by atoms with E-state index in [0.29, 0.717) is 18.9 Å². The Balaban J connectivity index is 2.37. The summed E-state index contributed by atoms with van der Waals surface area (Å²) in [6.07, 6.45) is 3.44. The number of carbonyl (C=O) groups is 1. The van der Waals surface area contributed by atoms with Gasteiger partial charge in [-0.15, -0.1) is 0 Å². The molecule has 7 heteroatoms. The van der Waals surface area contributed by atoms with Crippen molar-refractivity contribution in [3.63, 3.8) is 0 Å². The van der Waals surface area contributed by atoms with Crippen LogP contribution in [0.1, 0.15) is 6.92 Å². The number of nitrogens with two attached hydrogens (primary N) is 1. The zero-order valence-corrected chi connectivity index (χ0v) is 13.2. The van der Waals surface area contributed by atoms with Gasteiger partial charge in [0.25, 0.3) is 0 Å². The molecule has 2 N–H and O–H groups in total. The van der Waals surface area contributed by atoms with Crippen molar-refractivity contribution >= 4 is 28.3 Å². The van der Waals surface area contributed by atoms with E-state index in [2.05, 4.69) is 9.36 Å². The first-order chi connectivity index (χ1) is 10.0. The maximum atomic E-state index is 12.0. The summed E-state index contributed by atoms with van der Waals surface area (Å²) in [4.78, 5) is 19.6. The van der Waals surface area contributed by atoms with Crippen molar-refractivity contribution in [1.82, 2.24) is 14.3 Å². The maximum absolute atomic E-state index is 12.0. The molecule has 0 aliphatic rings. The molecule has 0 spiro atoms. The molecule has 0 saturated carbocycles. The van der Waals surface area contributed by atoms with Gasteiger partial charge in [-0.1, -0.05) is 0 Å². The van der Waals surface area contributed by atoms with Gasteiger partial charge in [-0.2, -0.15) is 4.37 Å². The van der Waals surface area contributed by atoms with Gasteiger partial charge in [-0.05, 0) is 36.2 Å². The fraction of sp³-hybridized carbons (Fsp3) is 0.357. The highest BCUT2D eigenvalue weighted by Gasteiger charge is 2.20. The van der Waals surface area contributed by atoms with Crippen LogP contribution in [-0.2, 0) is 4.79 Å². The second kappa shape index (κ2) is 6.53. The lowest BCUT2D eigenvalue weighted by molar-refractivity contribution is -0.127. The van der Waals surface area contributed by atoms with Gasteiger partial charge in [0.1, 0.15) is 10.8 Å². The lowest BCUT2D eigenvalue weighted by Gasteiger charge is -2.23. The van der Waals surface area contributed by atoms with Gasteiger partial charge in [0.05, 0.1) is 12.1 Å². The van der Waals surface area contributed by atoms with E-state index in [1.807, 2.05) is 24.0 Å². The molecule has 6 nitrogen and oxygen atoms in total. The van der Waals surface area contributed by atoms with Crippen molar-refractivity contribution in [3.8, 4) is 11.1 Å². The maximum Gasteiger partial charge on any atom is 0.241 e. The molecule has 0 atom stereocenters. The summed E-state index contributed by atoms with van der Waals surface area (Å²) in [7, 11) is 3.50. The van der Waals surface area contributed by atoms with Gasteiger partial charge >= 0.3 is 0 Å². The van der Waals surface area contributed by atoms with Crippen LogP contribution in [0.2, 0.25) is 0 Å². The van der Waals surface area contributed by atoms with Crippen molar-refractivity contribution in [3.05, 3.63) is 24.5 Å². The van der Waals surface area contributed by atoms with E-state index in [1.165, 1.54) is 11.5 Å². The van der Waals surface area contributed by atoms with Crippen LogP contribution < -0.4 is 10.6 Å². The summed E-state index contributed by atoms with van der Waals surface area (Å²) in [6, 6.07) is 3.79. The predicted molar refractivity (Wildman–Crippen MR) is 86.3 cm³/mol. The average molecular weight is 305 g/mol. The summed E-state index contributed by atoms with van der Waals surface area (Å²) in [5.74, 6) is 0.529. The largest absolute Gasteiger partial charge is 0.382 e. The third-order valence-electron chi connectivity index (χ3n) is 3.16. The van der Waals surface area contributed by atoms with Crippen LogP contribution in [0.15, 0.2) is 24.5 Å². The number of nitrogen functional groups attached to an aromatic ring is 1. The normalized spacial score (nSPS) is 10.4. The molecule has 0 fully saturated rings. The smallest absolute Gasteiger partial charge is 0.241 e. The molecule has 2 aromatic rings. The minimum atomic E-state index is 0.0458. The summed E-state index contributed by atoms with van der Waals surface area (Å²) in [5, 5.41) is 0.913. The van der Waals surface area contributed by atoms with Crippen LogP contribution in [-0.4, -0.2) is 47.3 Å². The van der Waals surface area contributed by atoms with E-state index in [4.69, 9.17) is 5.73 Å². The Kier molecular flexibility index (Phi) is 4.74. The fourth-order valence-electron chi connectivity index (χ4n) is 1.93. The highest BCUT2D eigenvalue weighted by atomic mass is 32.1. The first-order valence-corrected chi connectivity index (χ1v) is 7.42. The zero-order valence-electron chi connectivity index (χ0n) is 12.4. The second-order valence-electron chi connectivity index (χ2n) is 4.79.